The molecule has 25 heavy (non-hydrogen) atoms. The van der Waals surface area contributed by atoms with Crippen molar-refractivity contribution in [2.75, 3.05) is 10.5 Å². The highest BCUT2D eigenvalue weighted by Gasteiger charge is 2.15. The number of Topliss-reactive ketones (excluding diaryl/α,β-unsaturated/α-hetero) is 1. The van der Waals surface area contributed by atoms with Gasteiger partial charge in [-0.1, -0.05) is 17.8 Å². The second-order valence-corrected chi connectivity index (χ2v) is 8.54. The lowest BCUT2D eigenvalue weighted by Crippen LogP contribution is -2.13. The second-order valence-electron chi connectivity index (χ2n) is 5.71. The zero-order chi connectivity index (χ0) is 18.6. The van der Waals surface area contributed by atoms with Crippen LogP contribution in [-0.2, 0) is 14.8 Å². The van der Waals surface area contributed by atoms with E-state index in [1.165, 1.54) is 19.1 Å². The average Bonchev–Trinajstić information content (AvgIpc) is 2.52. The fraction of sp³-hybridized carbons (Fsp3) is 0.222. The molecule has 0 saturated heterocycles. The van der Waals surface area contributed by atoms with Crippen LogP contribution < -0.4 is 4.72 Å². The van der Waals surface area contributed by atoms with Gasteiger partial charge < -0.3 is 0 Å². The third-order valence-electron chi connectivity index (χ3n) is 3.37. The Kier molecular flexibility index (Phi) is 6.02. The van der Waals surface area contributed by atoms with Gasteiger partial charge in [0.15, 0.2) is 10.9 Å². The molecule has 0 bridgehead atoms. The summed E-state index contributed by atoms with van der Waals surface area (Å²) in [5.74, 6) is -0.105. The van der Waals surface area contributed by atoms with Crippen LogP contribution in [0, 0.1) is 13.8 Å². The molecule has 0 amide bonds. The van der Waals surface area contributed by atoms with Gasteiger partial charge in [0.1, 0.15) is 0 Å². The van der Waals surface area contributed by atoms with E-state index in [9.17, 15) is 18.0 Å². The van der Waals surface area contributed by atoms with Crippen molar-refractivity contribution in [2.45, 2.75) is 25.7 Å². The molecule has 0 unspecified atom stereocenters. The first-order chi connectivity index (χ1) is 11.7. The lowest BCUT2D eigenvalue weighted by Gasteiger charge is -2.10. The number of hydrogen-bond donors (Lipinski definition) is 1. The van der Waals surface area contributed by atoms with Gasteiger partial charge in [-0.05, 0) is 61.4 Å². The first kappa shape index (κ1) is 19.2. The monoisotopic (exact) mass is 377 g/mol. The average molecular weight is 377 g/mol. The third-order valence-corrected chi connectivity index (χ3v) is 5.54. The van der Waals surface area contributed by atoms with Gasteiger partial charge in [-0.3, -0.25) is 14.3 Å². The zero-order valence-electron chi connectivity index (χ0n) is 14.2. The van der Waals surface area contributed by atoms with Crippen molar-refractivity contribution in [1.82, 2.24) is 0 Å². The molecule has 5 nitrogen and oxygen atoms in total. The second kappa shape index (κ2) is 7.84. The Balaban J connectivity index is 2.15. The number of carbonyl (C=O) groups excluding carboxylic acids is 2. The normalized spacial score (nSPS) is 11.2. The Morgan fingerprint density at radius 1 is 1.00 bits per heavy atom. The molecular weight excluding hydrogens is 358 g/mol. The van der Waals surface area contributed by atoms with E-state index in [0.29, 0.717) is 11.3 Å². The Labute approximate surface area is 151 Å². The smallest absolute Gasteiger partial charge is 0.261 e. The summed E-state index contributed by atoms with van der Waals surface area (Å²) in [4.78, 5) is 23.0. The molecule has 0 aliphatic heterocycles. The minimum atomic E-state index is -3.70. The minimum absolute atomic E-state index is 0.0724. The van der Waals surface area contributed by atoms with Crippen LogP contribution in [0.5, 0.6) is 0 Å². The number of carbonyl (C=O) groups is 2. The van der Waals surface area contributed by atoms with Crippen LogP contribution >= 0.6 is 11.8 Å². The van der Waals surface area contributed by atoms with Crippen LogP contribution in [0.25, 0.3) is 0 Å². The summed E-state index contributed by atoms with van der Waals surface area (Å²) >= 11 is 0.948. The lowest BCUT2D eigenvalue weighted by molar-refractivity contribution is -0.109. The fourth-order valence-corrected chi connectivity index (χ4v) is 4.02. The molecule has 0 aliphatic carbocycles. The van der Waals surface area contributed by atoms with E-state index in [2.05, 4.69) is 4.72 Å². The molecule has 0 radical (unpaired) electrons. The van der Waals surface area contributed by atoms with Crippen molar-refractivity contribution in [2.24, 2.45) is 0 Å². The number of aryl methyl sites for hydroxylation is 2. The van der Waals surface area contributed by atoms with Gasteiger partial charge in [-0.2, -0.15) is 0 Å². The minimum Gasteiger partial charge on any atom is -0.293 e. The van der Waals surface area contributed by atoms with E-state index in [1.54, 1.807) is 24.3 Å². The van der Waals surface area contributed by atoms with E-state index in [4.69, 9.17) is 0 Å². The molecule has 0 aliphatic rings. The Bertz CT molecular complexity index is 883. The molecule has 0 atom stereocenters. The number of rotatable bonds is 6. The number of sulfonamides is 1. The van der Waals surface area contributed by atoms with Crippen LogP contribution in [0.2, 0.25) is 0 Å². The topological polar surface area (TPSA) is 80.3 Å². The standard InChI is InChI=1S/C18H19NO4S2/c1-12-8-13(2)10-17(9-12)25(22,23)19-16-6-4-15(5-7-16)18(21)11-24-14(3)20/h4-10,19H,11H2,1-3H3. The number of ketones is 1. The van der Waals surface area contributed by atoms with Crippen LogP contribution in [0.4, 0.5) is 5.69 Å². The van der Waals surface area contributed by atoms with E-state index >= 15 is 0 Å². The van der Waals surface area contributed by atoms with Crippen LogP contribution in [0.3, 0.4) is 0 Å². The summed E-state index contributed by atoms with van der Waals surface area (Å²) in [6, 6.07) is 11.3. The van der Waals surface area contributed by atoms with Gasteiger partial charge in [0, 0.05) is 18.2 Å². The number of hydrogen-bond acceptors (Lipinski definition) is 5. The first-order valence-electron chi connectivity index (χ1n) is 7.55. The van der Waals surface area contributed by atoms with E-state index in [-0.39, 0.29) is 21.5 Å². The molecule has 2 rings (SSSR count). The van der Waals surface area contributed by atoms with Crippen molar-refractivity contribution in [3.8, 4) is 0 Å². The van der Waals surface area contributed by atoms with Crippen molar-refractivity contribution >= 4 is 38.4 Å². The molecule has 7 heteroatoms. The van der Waals surface area contributed by atoms with E-state index in [1.807, 2.05) is 19.9 Å². The molecule has 2 aromatic carbocycles. The molecule has 2 aromatic rings. The van der Waals surface area contributed by atoms with Crippen molar-refractivity contribution in [3.05, 3.63) is 59.2 Å². The summed E-state index contributed by atoms with van der Waals surface area (Å²) in [6.07, 6.45) is 0. The van der Waals surface area contributed by atoms with Crippen LogP contribution in [-0.4, -0.2) is 25.1 Å². The predicted molar refractivity (Wildman–Crippen MR) is 101 cm³/mol. The highest BCUT2D eigenvalue weighted by molar-refractivity contribution is 8.14. The van der Waals surface area contributed by atoms with Crippen LogP contribution in [0.1, 0.15) is 28.4 Å². The summed E-state index contributed by atoms with van der Waals surface area (Å²) < 4.78 is 27.5. The molecule has 0 aromatic heterocycles. The molecule has 0 saturated carbocycles. The number of anilines is 1. The molecule has 132 valence electrons. The molecule has 1 N–H and O–H groups in total. The van der Waals surface area contributed by atoms with Gasteiger partial charge in [-0.15, -0.1) is 0 Å². The largest absolute Gasteiger partial charge is 0.293 e. The van der Waals surface area contributed by atoms with Gasteiger partial charge in [0.25, 0.3) is 10.0 Å². The highest BCUT2D eigenvalue weighted by atomic mass is 32.2. The fourth-order valence-electron chi connectivity index (χ4n) is 2.28. The summed E-state index contributed by atoms with van der Waals surface area (Å²) in [5.41, 5.74) is 2.53. The maximum atomic E-state index is 12.5. The quantitative estimate of drug-likeness (QED) is 0.779. The van der Waals surface area contributed by atoms with Gasteiger partial charge in [0.2, 0.25) is 0 Å². The number of thioether (sulfide) groups is 1. The maximum Gasteiger partial charge on any atom is 0.261 e. The molecule has 0 heterocycles. The summed E-state index contributed by atoms with van der Waals surface area (Å²) in [6.45, 7) is 5.08. The highest BCUT2D eigenvalue weighted by Crippen LogP contribution is 2.19. The van der Waals surface area contributed by atoms with Gasteiger partial charge >= 0.3 is 0 Å². The zero-order valence-corrected chi connectivity index (χ0v) is 15.8. The Morgan fingerprint density at radius 3 is 2.08 bits per heavy atom. The summed E-state index contributed by atoms with van der Waals surface area (Å²) in [7, 11) is -3.70. The number of benzene rings is 2. The van der Waals surface area contributed by atoms with E-state index in [0.717, 1.165) is 22.9 Å². The van der Waals surface area contributed by atoms with Crippen molar-refractivity contribution in [1.29, 1.82) is 0 Å². The first-order valence-corrected chi connectivity index (χ1v) is 10.0. The van der Waals surface area contributed by atoms with Crippen LogP contribution in [0.15, 0.2) is 47.4 Å². The van der Waals surface area contributed by atoms with Crippen molar-refractivity contribution in [3.63, 3.8) is 0 Å². The summed E-state index contributed by atoms with van der Waals surface area (Å²) in [5, 5.41) is -0.119. The molecular formula is C18H19NO4S2. The Morgan fingerprint density at radius 2 is 1.56 bits per heavy atom. The molecule has 0 fully saturated rings. The molecule has 0 spiro atoms. The maximum absolute atomic E-state index is 12.5. The SMILES string of the molecule is CC(=O)SCC(=O)c1ccc(NS(=O)(=O)c2cc(C)cc(C)c2)cc1. The Hall–Kier alpha value is -2.12. The van der Waals surface area contributed by atoms with Crippen molar-refractivity contribution < 1.29 is 18.0 Å². The van der Waals surface area contributed by atoms with E-state index < -0.39 is 10.0 Å². The predicted octanol–water partition coefficient (Wildman–Crippen LogP) is 3.57. The number of nitrogens with one attached hydrogen (secondary N) is 1. The van der Waals surface area contributed by atoms with Gasteiger partial charge in [-0.25, -0.2) is 8.42 Å². The van der Waals surface area contributed by atoms with Gasteiger partial charge in [0.05, 0.1) is 10.6 Å². The lowest BCUT2D eigenvalue weighted by atomic mass is 10.1. The third kappa shape index (κ3) is 5.44.